The van der Waals surface area contributed by atoms with Gasteiger partial charge in [-0.05, 0) is 40.5 Å². The summed E-state index contributed by atoms with van der Waals surface area (Å²) in [5.74, 6) is -0.351. The quantitative estimate of drug-likeness (QED) is 0.788. The summed E-state index contributed by atoms with van der Waals surface area (Å²) in [4.78, 5) is 12.0. The lowest BCUT2D eigenvalue weighted by atomic mass is 10.2. The summed E-state index contributed by atoms with van der Waals surface area (Å²) in [6.07, 6.45) is -0.678. The number of carbonyl (C=O) groups excluding carboxylic acids is 1. The number of hydrogen-bond acceptors (Lipinski definition) is 5. The number of rotatable bonds is 3. The number of ether oxygens (including phenoxy) is 2. The van der Waals surface area contributed by atoms with Crippen LogP contribution >= 0.6 is 26.6 Å². The minimum atomic E-state index is -3.84. The van der Waals surface area contributed by atoms with E-state index in [9.17, 15) is 13.2 Å². The first kappa shape index (κ1) is 16.7. The fraction of sp³-hybridized carbons (Fsp3) is 0.417. The molecule has 1 aliphatic heterocycles. The summed E-state index contributed by atoms with van der Waals surface area (Å²) in [7, 11) is 1.51. The van der Waals surface area contributed by atoms with Crippen molar-refractivity contribution >= 4 is 47.3 Å². The molecule has 0 aliphatic carbocycles. The zero-order valence-corrected chi connectivity index (χ0v) is 14.2. The Morgan fingerprint density at radius 2 is 2.14 bits per heavy atom. The molecule has 0 spiro atoms. The third-order valence-corrected chi connectivity index (χ3v) is 5.01. The molecule has 1 unspecified atom stereocenters. The summed E-state index contributed by atoms with van der Waals surface area (Å²) >= 11 is 3.22. The van der Waals surface area contributed by atoms with Crippen LogP contribution in [0.5, 0.6) is 0 Å². The largest absolute Gasteiger partial charge is 0.376 e. The molecule has 0 aromatic heterocycles. The molecule has 0 bridgehead atoms. The van der Waals surface area contributed by atoms with Crippen molar-refractivity contribution in [2.45, 2.75) is 17.9 Å². The SMILES string of the molecule is Cc1cc(NC(=O)C2COCCO2)c(Br)cc1S(=O)(=O)Cl. The van der Waals surface area contributed by atoms with E-state index in [1.165, 1.54) is 12.1 Å². The summed E-state index contributed by atoms with van der Waals surface area (Å²) in [6, 6.07) is 2.88. The molecule has 21 heavy (non-hydrogen) atoms. The number of nitrogens with one attached hydrogen (secondary N) is 1. The Morgan fingerprint density at radius 1 is 1.43 bits per heavy atom. The molecule has 1 aliphatic rings. The molecule has 1 saturated heterocycles. The maximum Gasteiger partial charge on any atom is 0.261 e. The topological polar surface area (TPSA) is 81.7 Å². The van der Waals surface area contributed by atoms with Gasteiger partial charge in [-0.2, -0.15) is 0 Å². The van der Waals surface area contributed by atoms with Crippen LogP contribution in [-0.2, 0) is 23.3 Å². The van der Waals surface area contributed by atoms with Gasteiger partial charge in [-0.3, -0.25) is 4.79 Å². The van der Waals surface area contributed by atoms with Crippen LogP contribution in [-0.4, -0.2) is 40.2 Å². The van der Waals surface area contributed by atoms with E-state index in [2.05, 4.69) is 21.2 Å². The van der Waals surface area contributed by atoms with Gasteiger partial charge in [0, 0.05) is 15.2 Å². The van der Waals surface area contributed by atoms with Crippen LogP contribution in [0.4, 0.5) is 5.69 Å². The van der Waals surface area contributed by atoms with Crippen LogP contribution in [0, 0.1) is 6.92 Å². The maximum absolute atomic E-state index is 12.0. The first-order chi connectivity index (χ1) is 9.79. The monoisotopic (exact) mass is 397 g/mol. The fourth-order valence-corrected chi connectivity index (χ4v) is 3.67. The Morgan fingerprint density at radius 3 is 2.71 bits per heavy atom. The normalized spacial score (nSPS) is 19.3. The van der Waals surface area contributed by atoms with Gasteiger partial charge in [-0.25, -0.2) is 8.42 Å². The first-order valence-electron chi connectivity index (χ1n) is 6.04. The van der Waals surface area contributed by atoms with Crippen molar-refractivity contribution < 1.29 is 22.7 Å². The molecular formula is C12H13BrClNO5S. The molecule has 1 heterocycles. The van der Waals surface area contributed by atoms with Gasteiger partial charge in [0.2, 0.25) is 0 Å². The number of benzene rings is 1. The smallest absolute Gasteiger partial charge is 0.261 e. The zero-order chi connectivity index (χ0) is 15.6. The lowest BCUT2D eigenvalue weighted by Gasteiger charge is -2.22. The van der Waals surface area contributed by atoms with Crippen LogP contribution in [0.25, 0.3) is 0 Å². The average Bonchev–Trinajstić information content (AvgIpc) is 2.42. The van der Waals surface area contributed by atoms with Crippen molar-refractivity contribution in [3.8, 4) is 0 Å². The van der Waals surface area contributed by atoms with Crippen molar-refractivity contribution in [3.05, 3.63) is 22.2 Å². The Bertz CT molecular complexity index is 658. The molecule has 0 saturated carbocycles. The highest BCUT2D eigenvalue weighted by atomic mass is 79.9. The fourth-order valence-electron chi connectivity index (χ4n) is 1.87. The van der Waals surface area contributed by atoms with E-state index < -0.39 is 15.2 Å². The van der Waals surface area contributed by atoms with Crippen molar-refractivity contribution in [2.75, 3.05) is 25.1 Å². The molecule has 2 rings (SSSR count). The van der Waals surface area contributed by atoms with E-state index in [0.717, 1.165) is 0 Å². The summed E-state index contributed by atoms with van der Waals surface area (Å²) in [5, 5.41) is 2.67. The molecule has 1 aromatic rings. The van der Waals surface area contributed by atoms with Crippen molar-refractivity contribution in [3.63, 3.8) is 0 Å². The van der Waals surface area contributed by atoms with Crippen LogP contribution in [0.2, 0.25) is 0 Å². The molecule has 116 valence electrons. The van der Waals surface area contributed by atoms with Crippen molar-refractivity contribution in [1.82, 2.24) is 0 Å². The van der Waals surface area contributed by atoms with E-state index in [1.54, 1.807) is 6.92 Å². The van der Waals surface area contributed by atoms with Crippen LogP contribution in [0.3, 0.4) is 0 Å². The molecule has 1 amide bonds. The van der Waals surface area contributed by atoms with Crippen molar-refractivity contribution in [2.24, 2.45) is 0 Å². The van der Waals surface area contributed by atoms with Gasteiger partial charge in [0.05, 0.1) is 30.4 Å². The third kappa shape index (κ3) is 4.17. The van der Waals surface area contributed by atoms with E-state index in [-0.39, 0.29) is 17.4 Å². The standard InChI is InChI=1S/C12H13BrClNO5S/c1-7-4-9(8(13)5-11(7)21(14,17)18)15-12(16)10-6-19-2-3-20-10/h4-5,10H,2-3,6H2,1H3,(H,15,16). The van der Waals surface area contributed by atoms with E-state index in [1.807, 2.05) is 0 Å². The Hall–Kier alpha value is -0.670. The van der Waals surface area contributed by atoms with E-state index in [0.29, 0.717) is 28.9 Å². The first-order valence-corrected chi connectivity index (χ1v) is 9.14. The van der Waals surface area contributed by atoms with Gasteiger partial charge in [-0.15, -0.1) is 0 Å². The van der Waals surface area contributed by atoms with Gasteiger partial charge in [0.15, 0.2) is 6.10 Å². The van der Waals surface area contributed by atoms with Gasteiger partial charge >= 0.3 is 0 Å². The predicted octanol–water partition coefficient (Wildman–Crippen LogP) is 2.04. The molecule has 0 radical (unpaired) electrons. The minimum Gasteiger partial charge on any atom is -0.376 e. The molecule has 1 fully saturated rings. The van der Waals surface area contributed by atoms with Gasteiger partial charge in [0.1, 0.15) is 0 Å². The molecule has 6 nitrogen and oxygen atoms in total. The number of hydrogen-bond donors (Lipinski definition) is 1. The van der Waals surface area contributed by atoms with Gasteiger partial charge in [-0.1, -0.05) is 0 Å². The van der Waals surface area contributed by atoms with Crippen LogP contribution in [0.15, 0.2) is 21.5 Å². The maximum atomic E-state index is 12.0. The Balaban J connectivity index is 2.21. The predicted molar refractivity (Wildman–Crippen MR) is 81.1 cm³/mol. The Kier molecular flexibility index (Phi) is 5.26. The second-order valence-electron chi connectivity index (χ2n) is 4.46. The lowest BCUT2D eigenvalue weighted by Crippen LogP contribution is -2.39. The third-order valence-electron chi connectivity index (χ3n) is 2.89. The molecular weight excluding hydrogens is 386 g/mol. The minimum absolute atomic E-state index is 0.00806. The number of halogens is 2. The van der Waals surface area contributed by atoms with E-state index in [4.69, 9.17) is 20.2 Å². The number of anilines is 1. The number of amides is 1. The highest BCUT2D eigenvalue weighted by molar-refractivity contribution is 9.10. The summed E-state index contributed by atoms with van der Waals surface area (Å²) in [5.41, 5.74) is 0.875. The van der Waals surface area contributed by atoms with Crippen LogP contribution < -0.4 is 5.32 Å². The summed E-state index contributed by atoms with van der Waals surface area (Å²) < 4.78 is 33.7. The zero-order valence-electron chi connectivity index (χ0n) is 11.1. The van der Waals surface area contributed by atoms with Gasteiger partial charge < -0.3 is 14.8 Å². The highest BCUT2D eigenvalue weighted by Crippen LogP contribution is 2.30. The van der Waals surface area contributed by atoms with Crippen LogP contribution in [0.1, 0.15) is 5.56 Å². The number of aryl methyl sites for hydroxylation is 1. The average molecular weight is 399 g/mol. The second-order valence-corrected chi connectivity index (χ2v) is 7.85. The highest BCUT2D eigenvalue weighted by Gasteiger charge is 2.24. The van der Waals surface area contributed by atoms with E-state index >= 15 is 0 Å². The number of carbonyl (C=O) groups is 1. The second kappa shape index (κ2) is 6.62. The molecule has 1 N–H and O–H groups in total. The lowest BCUT2D eigenvalue weighted by molar-refractivity contribution is -0.142. The summed E-state index contributed by atoms with van der Waals surface area (Å²) in [6.45, 7) is 2.62. The molecule has 1 atom stereocenters. The van der Waals surface area contributed by atoms with Gasteiger partial charge in [0.25, 0.3) is 15.0 Å². The Labute approximate surface area is 135 Å². The molecule has 9 heteroatoms. The molecule has 1 aromatic carbocycles. The van der Waals surface area contributed by atoms with Crippen molar-refractivity contribution in [1.29, 1.82) is 0 Å².